The molecule has 106 valence electrons. The SMILES string of the molecule is CCn1c(C)nnc1-c1cccc2cccc(C(=O)O)c12. The molecule has 2 aromatic carbocycles. The fourth-order valence-corrected chi connectivity index (χ4v) is 2.66. The number of aryl methyl sites for hydroxylation is 1. The number of carboxylic acid groups (broad SMARTS) is 1. The van der Waals surface area contributed by atoms with Gasteiger partial charge < -0.3 is 9.67 Å². The van der Waals surface area contributed by atoms with E-state index in [1.807, 2.05) is 42.7 Å². The quantitative estimate of drug-likeness (QED) is 0.801. The Balaban J connectivity index is 2.40. The normalized spacial score (nSPS) is 11.0. The Morgan fingerprint density at radius 2 is 1.90 bits per heavy atom. The first-order valence-corrected chi connectivity index (χ1v) is 6.78. The number of hydrogen-bond donors (Lipinski definition) is 1. The third kappa shape index (κ3) is 2.07. The minimum absolute atomic E-state index is 0.284. The number of carbonyl (C=O) groups is 1. The summed E-state index contributed by atoms with van der Waals surface area (Å²) < 4.78 is 1.98. The number of hydrogen-bond acceptors (Lipinski definition) is 3. The van der Waals surface area contributed by atoms with E-state index in [0.29, 0.717) is 11.2 Å². The van der Waals surface area contributed by atoms with Gasteiger partial charge >= 0.3 is 5.97 Å². The van der Waals surface area contributed by atoms with Crippen molar-refractivity contribution in [2.45, 2.75) is 20.4 Å². The van der Waals surface area contributed by atoms with E-state index < -0.39 is 5.97 Å². The molecule has 3 rings (SSSR count). The summed E-state index contributed by atoms with van der Waals surface area (Å²) in [7, 11) is 0. The summed E-state index contributed by atoms with van der Waals surface area (Å²) in [5, 5.41) is 19.4. The van der Waals surface area contributed by atoms with Crippen LogP contribution in [-0.4, -0.2) is 25.8 Å². The van der Waals surface area contributed by atoms with Gasteiger partial charge in [0.05, 0.1) is 5.56 Å². The van der Waals surface area contributed by atoms with Gasteiger partial charge in [-0.15, -0.1) is 10.2 Å². The van der Waals surface area contributed by atoms with Crippen LogP contribution in [0, 0.1) is 6.92 Å². The van der Waals surface area contributed by atoms with Gasteiger partial charge in [-0.1, -0.05) is 30.3 Å². The lowest BCUT2D eigenvalue weighted by molar-refractivity contribution is 0.0699. The van der Waals surface area contributed by atoms with Crippen molar-refractivity contribution in [3.05, 3.63) is 47.8 Å². The zero-order valence-corrected chi connectivity index (χ0v) is 11.9. The largest absolute Gasteiger partial charge is 0.478 e. The second-order valence-corrected chi connectivity index (χ2v) is 4.83. The number of carboxylic acids is 1. The molecule has 0 spiro atoms. The van der Waals surface area contributed by atoms with E-state index >= 15 is 0 Å². The number of rotatable bonds is 3. The van der Waals surface area contributed by atoms with E-state index in [0.717, 1.165) is 23.3 Å². The van der Waals surface area contributed by atoms with Crippen LogP contribution in [0.4, 0.5) is 0 Å². The zero-order chi connectivity index (χ0) is 15.0. The molecule has 0 unspecified atom stereocenters. The van der Waals surface area contributed by atoms with Crippen LogP contribution in [0.2, 0.25) is 0 Å². The first-order valence-electron chi connectivity index (χ1n) is 6.78. The topological polar surface area (TPSA) is 68.0 Å². The van der Waals surface area contributed by atoms with E-state index in [4.69, 9.17) is 0 Å². The first kappa shape index (κ1) is 13.3. The molecule has 1 aromatic heterocycles. The van der Waals surface area contributed by atoms with Crippen molar-refractivity contribution in [3.8, 4) is 11.4 Å². The molecule has 3 aromatic rings. The fourth-order valence-electron chi connectivity index (χ4n) is 2.66. The molecular weight excluding hydrogens is 266 g/mol. The summed E-state index contributed by atoms with van der Waals surface area (Å²) in [6.45, 7) is 4.64. The summed E-state index contributed by atoms with van der Waals surface area (Å²) in [6.07, 6.45) is 0. The van der Waals surface area contributed by atoms with Gasteiger partial charge in [-0.3, -0.25) is 0 Å². The molecule has 0 amide bonds. The van der Waals surface area contributed by atoms with Crippen molar-refractivity contribution >= 4 is 16.7 Å². The highest BCUT2D eigenvalue weighted by molar-refractivity contribution is 6.09. The molecule has 0 saturated carbocycles. The van der Waals surface area contributed by atoms with Crippen LogP contribution in [-0.2, 0) is 6.54 Å². The molecule has 0 aliphatic heterocycles. The minimum Gasteiger partial charge on any atom is -0.478 e. The van der Waals surface area contributed by atoms with Gasteiger partial charge in [0.25, 0.3) is 0 Å². The summed E-state index contributed by atoms with van der Waals surface area (Å²) in [5.41, 5.74) is 1.08. The van der Waals surface area contributed by atoms with Crippen LogP contribution in [0.25, 0.3) is 22.2 Å². The molecule has 0 radical (unpaired) electrons. The highest BCUT2D eigenvalue weighted by Gasteiger charge is 2.17. The minimum atomic E-state index is -0.938. The van der Waals surface area contributed by atoms with E-state index in [1.54, 1.807) is 12.1 Å². The van der Waals surface area contributed by atoms with Crippen LogP contribution in [0.1, 0.15) is 23.1 Å². The molecule has 0 saturated heterocycles. The van der Waals surface area contributed by atoms with E-state index in [2.05, 4.69) is 10.2 Å². The monoisotopic (exact) mass is 281 g/mol. The maximum Gasteiger partial charge on any atom is 0.336 e. The number of nitrogens with zero attached hydrogens (tertiary/aromatic N) is 3. The fraction of sp³-hybridized carbons (Fsp3) is 0.188. The lowest BCUT2D eigenvalue weighted by atomic mass is 9.98. The highest BCUT2D eigenvalue weighted by Crippen LogP contribution is 2.30. The Bertz CT molecular complexity index is 831. The second-order valence-electron chi connectivity index (χ2n) is 4.83. The molecule has 0 fully saturated rings. The average molecular weight is 281 g/mol. The first-order chi connectivity index (χ1) is 10.1. The van der Waals surface area contributed by atoms with E-state index in [9.17, 15) is 9.90 Å². The Kier molecular flexibility index (Phi) is 3.17. The van der Waals surface area contributed by atoms with Gasteiger partial charge in [0.2, 0.25) is 0 Å². The summed E-state index contributed by atoms with van der Waals surface area (Å²) >= 11 is 0. The molecule has 1 heterocycles. The molecule has 5 heteroatoms. The number of benzene rings is 2. The predicted molar refractivity (Wildman–Crippen MR) is 80.3 cm³/mol. The van der Waals surface area contributed by atoms with Crippen molar-refractivity contribution in [2.75, 3.05) is 0 Å². The molecule has 0 bridgehead atoms. The Labute approximate surface area is 121 Å². The molecule has 0 aliphatic carbocycles. The number of aromatic carboxylic acids is 1. The zero-order valence-electron chi connectivity index (χ0n) is 11.9. The summed E-state index contributed by atoms with van der Waals surface area (Å²) in [4.78, 5) is 11.5. The van der Waals surface area contributed by atoms with Crippen LogP contribution < -0.4 is 0 Å². The smallest absolute Gasteiger partial charge is 0.336 e. The summed E-state index contributed by atoms with van der Waals surface area (Å²) in [6, 6.07) is 11.0. The van der Waals surface area contributed by atoms with Crippen LogP contribution in [0.15, 0.2) is 36.4 Å². The van der Waals surface area contributed by atoms with Crippen LogP contribution in [0.5, 0.6) is 0 Å². The standard InChI is InChI=1S/C16H15N3O2/c1-3-19-10(2)17-18-15(19)12-8-4-6-11-7-5-9-13(14(11)12)16(20)21/h4-9H,3H2,1-2H3,(H,20,21). The Morgan fingerprint density at radius 1 is 1.19 bits per heavy atom. The van der Waals surface area contributed by atoms with Crippen molar-refractivity contribution < 1.29 is 9.90 Å². The Morgan fingerprint density at radius 3 is 2.57 bits per heavy atom. The van der Waals surface area contributed by atoms with Crippen molar-refractivity contribution in [1.29, 1.82) is 0 Å². The van der Waals surface area contributed by atoms with Gasteiger partial charge in [-0.2, -0.15) is 0 Å². The van der Waals surface area contributed by atoms with Gasteiger partial charge in [-0.05, 0) is 25.3 Å². The lowest BCUT2D eigenvalue weighted by Crippen LogP contribution is -2.03. The molecule has 1 N–H and O–H groups in total. The maximum absolute atomic E-state index is 11.5. The molecule has 0 aliphatic rings. The average Bonchev–Trinajstić information content (AvgIpc) is 2.86. The van der Waals surface area contributed by atoms with Crippen molar-refractivity contribution in [3.63, 3.8) is 0 Å². The lowest BCUT2D eigenvalue weighted by Gasteiger charge is -2.10. The molecule has 0 atom stereocenters. The summed E-state index contributed by atoms with van der Waals surface area (Å²) in [5.74, 6) is 0.582. The Hall–Kier alpha value is -2.69. The molecule has 5 nitrogen and oxygen atoms in total. The van der Waals surface area contributed by atoms with Crippen molar-refractivity contribution in [1.82, 2.24) is 14.8 Å². The van der Waals surface area contributed by atoms with E-state index in [-0.39, 0.29) is 5.56 Å². The third-order valence-corrected chi connectivity index (χ3v) is 3.63. The van der Waals surface area contributed by atoms with Crippen molar-refractivity contribution in [2.24, 2.45) is 0 Å². The van der Waals surface area contributed by atoms with Crippen LogP contribution >= 0.6 is 0 Å². The highest BCUT2D eigenvalue weighted by atomic mass is 16.4. The van der Waals surface area contributed by atoms with E-state index in [1.165, 1.54) is 0 Å². The third-order valence-electron chi connectivity index (χ3n) is 3.63. The van der Waals surface area contributed by atoms with Gasteiger partial charge in [0, 0.05) is 17.5 Å². The molecular formula is C16H15N3O2. The second kappa shape index (κ2) is 5.01. The predicted octanol–water partition coefficient (Wildman–Crippen LogP) is 3.12. The van der Waals surface area contributed by atoms with Gasteiger partial charge in [-0.25, -0.2) is 4.79 Å². The van der Waals surface area contributed by atoms with Gasteiger partial charge in [0.1, 0.15) is 5.82 Å². The maximum atomic E-state index is 11.5. The molecule has 21 heavy (non-hydrogen) atoms. The number of fused-ring (bicyclic) bond motifs is 1. The van der Waals surface area contributed by atoms with Gasteiger partial charge in [0.15, 0.2) is 5.82 Å². The van der Waals surface area contributed by atoms with Crippen LogP contribution in [0.3, 0.4) is 0 Å². The number of aromatic nitrogens is 3.